The third kappa shape index (κ3) is 4.84. The number of para-hydroxylation sites is 1. The lowest BCUT2D eigenvalue weighted by Gasteiger charge is -2.43. The number of hydrogen-bond acceptors (Lipinski definition) is 5. The van der Waals surface area contributed by atoms with Gasteiger partial charge in [-0.2, -0.15) is 0 Å². The molecule has 9 heteroatoms. The van der Waals surface area contributed by atoms with E-state index >= 15 is 0 Å². The zero-order valence-electron chi connectivity index (χ0n) is 21.1. The Morgan fingerprint density at radius 1 is 1.14 bits per heavy atom. The van der Waals surface area contributed by atoms with Gasteiger partial charge in [0.2, 0.25) is 0 Å². The van der Waals surface area contributed by atoms with Gasteiger partial charge in [0.1, 0.15) is 11.5 Å². The van der Waals surface area contributed by atoms with E-state index in [-0.39, 0.29) is 23.7 Å². The number of nitrogens with two attached hydrogens (primary N) is 1. The van der Waals surface area contributed by atoms with E-state index in [1.54, 1.807) is 9.13 Å². The quantitative estimate of drug-likeness (QED) is 0.514. The predicted octanol–water partition coefficient (Wildman–Crippen LogP) is 3.82. The average Bonchev–Trinajstić information content (AvgIpc) is 3.16. The Hall–Kier alpha value is -3.69. The molecular weight excluding hydrogens is 473 g/mol. The zero-order chi connectivity index (χ0) is 26.3. The van der Waals surface area contributed by atoms with E-state index < -0.39 is 17.9 Å². The van der Waals surface area contributed by atoms with Crippen molar-refractivity contribution in [3.05, 3.63) is 88.9 Å². The number of benzene rings is 2. The summed E-state index contributed by atoms with van der Waals surface area (Å²) in [5.74, 6) is -0.357. The Morgan fingerprint density at radius 3 is 2.49 bits per heavy atom. The smallest absolute Gasteiger partial charge is 0.333 e. The minimum absolute atomic E-state index is 0.227. The van der Waals surface area contributed by atoms with Crippen LogP contribution < -0.4 is 21.5 Å². The van der Waals surface area contributed by atoms with Gasteiger partial charge in [0.15, 0.2) is 5.83 Å². The van der Waals surface area contributed by atoms with Crippen LogP contribution in [-0.4, -0.2) is 39.6 Å². The number of halogens is 1. The summed E-state index contributed by atoms with van der Waals surface area (Å²) in [5.41, 5.74) is 8.13. The fourth-order valence-electron chi connectivity index (χ4n) is 5.60. The molecule has 1 amide bonds. The number of carbonyl (C=O) groups excluding carboxylic acids is 1. The van der Waals surface area contributed by atoms with Crippen molar-refractivity contribution in [3.63, 3.8) is 0 Å². The first-order chi connectivity index (χ1) is 17.6. The second-order valence-electron chi connectivity index (χ2n) is 10.5. The highest BCUT2D eigenvalue weighted by Crippen LogP contribution is 2.37. The fraction of sp³-hybridized carbons (Fsp3) is 0.357. The second-order valence-corrected chi connectivity index (χ2v) is 10.5. The summed E-state index contributed by atoms with van der Waals surface area (Å²) in [6.07, 6.45) is 0.748. The van der Waals surface area contributed by atoms with Crippen LogP contribution in [0, 0.1) is 5.41 Å². The van der Waals surface area contributed by atoms with Crippen LogP contribution in [0.15, 0.2) is 71.8 Å². The molecule has 3 aromatic rings. The molecule has 3 heterocycles. The summed E-state index contributed by atoms with van der Waals surface area (Å²) in [4.78, 5) is 28.0. The number of hydrogen-bond donors (Lipinski definition) is 2. The minimum atomic E-state index is -0.993. The van der Waals surface area contributed by atoms with Crippen LogP contribution in [0.3, 0.4) is 0 Å². The van der Waals surface area contributed by atoms with Crippen LogP contribution in [-0.2, 0) is 11.2 Å². The van der Waals surface area contributed by atoms with E-state index in [1.807, 2.05) is 68.4 Å². The number of piperidine rings is 1. The van der Waals surface area contributed by atoms with Crippen molar-refractivity contribution in [3.8, 4) is 17.2 Å². The number of carbonyl (C=O) groups is 1. The molecule has 0 aliphatic carbocycles. The first kappa shape index (κ1) is 25.0. The van der Waals surface area contributed by atoms with Gasteiger partial charge in [-0.3, -0.25) is 19.2 Å². The highest BCUT2D eigenvalue weighted by atomic mass is 19.1. The third-order valence-electron chi connectivity index (χ3n) is 7.04. The Bertz CT molecular complexity index is 1380. The molecule has 0 radical (unpaired) electrons. The lowest BCUT2D eigenvalue weighted by Crippen LogP contribution is -2.50. The minimum Gasteiger partial charge on any atom is -0.457 e. The summed E-state index contributed by atoms with van der Waals surface area (Å²) in [6, 6.07) is 16.4. The van der Waals surface area contributed by atoms with Crippen LogP contribution >= 0.6 is 0 Å². The molecule has 0 bridgehead atoms. The summed E-state index contributed by atoms with van der Waals surface area (Å²) in [6.45, 7) is 8.48. The summed E-state index contributed by atoms with van der Waals surface area (Å²) in [5, 5.41) is 3.25. The molecule has 37 heavy (non-hydrogen) atoms. The van der Waals surface area contributed by atoms with Crippen molar-refractivity contribution >= 4 is 5.91 Å². The molecule has 1 fully saturated rings. The van der Waals surface area contributed by atoms with Crippen molar-refractivity contribution in [2.24, 2.45) is 11.1 Å². The third-order valence-corrected chi connectivity index (χ3v) is 7.04. The number of nitrogens with zero attached hydrogens (tertiary/aromatic N) is 3. The second kappa shape index (κ2) is 9.64. The summed E-state index contributed by atoms with van der Waals surface area (Å²) in [7, 11) is 0. The van der Waals surface area contributed by atoms with Crippen LogP contribution in [0.1, 0.15) is 43.9 Å². The van der Waals surface area contributed by atoms with E-state index in [9.17, 15) is 14.0 Å². The van der Waals surface area contributed by atoms with E-state index in [0.717, 1.165) is 11.4 Å². The highest BCUT2D eigenvalue weighted by Gasteiger charge is 2.40. The molecule has 1 aromatic heterocycles. The highest BCUT2D eigenvalue weighted by molar-refractivity contribution is 5.90. The predicted molar refractivity (Wildman–Crippen MR) is 139 cm³/mol. The largest absolute Gasteiger partial charge is 0.457 e. The summed E-state index contributed by atoms with van der Waals surface area (Å²) < 4.78 is 23.1. The molecule has 1 saturated heterocycles. The van der Waals surface area contributed by atoms with E-state index in [1.165, 1.54) is 4.90 Å². The van der Waals surface area contributed by atoms with Crippen molar-refractivity contribution in [2.45, 2.75) is 38.9 Å². The lowest BCUT2D eigenvalue weighted by atomic mass is 9.81. The molecule has 0 saturated carbocycles. The summed E-state index contributed by atoms with van der Waals surface area (Å²) >= 11 is 0. The van der Waals surface area contributed by atoms with E-state index in [4.69, 9.17) is 10.5 Å². The fourth-order valence-corrected chi connectivity index (χ4v) is 5.60. The van der Waals surface area contributed by atoms with E-state index in [0.29, 0.717) is 43.1 Å². The molecule has 1 unspecified atom stereocenters. The Labute approximate surface area is 215 Å². The first-order valence-corrected chi connectivity index (χ1v) is 12.5. The number of imidazole rings is 1. The number of amides is 1. The molecule has 2 aromatic carbocycles. The number of nitrogens with one attached hydrogen (secondary N) is 1. The maximum atomic E-state index is 14.0. The number of fused-ring (bicyclic) bond motifs is 1. The van der Waals surface area contributed by atoms with Gasteiger partial charge in [0.05, 0.1) is 23.6 Å². The van der Waals surface area contributed by atoms with Gasteiger partial charge < -0.3 is 15.4 Å². The van der Waals surface area contributed by atoms with Gasteiger partial charge in [0, 0.05) is 31.7 Å². The standard InChI is InChI=1S/C28H32FN5O3/c1-18(29)26(35)32-16-20(15-28(2,3)17-32)33-23-13-14-31-25(30)24(23)34(27(33)36)19-9-11-22(12-10-19)37-21-7-5-4-6-8-21/h4-12,20,25,31H,1,13-17,30H2,2-3H3/t20?,25-/m0/s1. The van der Waals surface area contributed by atoms with Crippen LogP contribution in [0.25, 0.3) is 5.69 Å². The molecule has 8 nitrogen and oxygen atoms in total. The SMILES string of the molecule is C=C(F)C(=O)N1CC(n2c3c(n(-c4ccc(Oc5ccccc5)cc4)c2=O)[C@@H](N)NCC3)CC(C)(C)C1. The molecule has 5 rings (SSSR count). The maximum absolute atomic E-state index is 14.0. The van der Waals surface area contributed by atoms with Gasteiger partial charge in [-0.05, 0) is 48.2 Å². The van der Waals surface area contributed by atoms with Gasteiger partial charge in [-0.25, -0.2) is 9.18 Å². The number of aromatic nitrogens is 2. The molecule has 2 atom stereocenters. The van der Waals surface area contributed by atoms with Crippen LogP contribution in [0.2, 0.25) is 0 Å². The molecular formula is C28H32FN5O3. The van der Waals surface area contributed by atoms with Crippen LogP contribution in [0.4, 0.5) is 4.39 Å². The van der Waals surface area contributed by atoms with Gasteiger partial charge in [-0.15, -0.1) is 0 Å². The van der Waals surface area contributed by atoms with Crippen LogP contribution in [0.5, 0.6) is 11.5 Å². The average molecular weight is 506 g/mol. The Kier molecular flexibility index (Phi) is 6.51. The molecule has 0 spiro atoms. The Balaban J connectivity index is 1.55. The molecule has 2 aliphatic heterocycles. The maximum Gasteiger partial charge on any atom is 0.333 e. The number of ether oxygens (including phenoxy) is 1. The van der Waals surface area contributed by atoms with Crippen molar-refractivity contribution in [2.75, 3.05) is 19.6 Å². The molecule has 194 valence electrons. The zero-order valence-corrected chi connectivity index (χ0v) is 21.1. The van der Waals surface area contributed by atoms with Crippen molar-refractivity contribution in [1.82, 2.24) is 19.4 Å². The van der Waals surface area contributed by atoms with Crippen molar-refractivity contribution in [1.29, 1.82) is 0 Å². The topological polar surface area (TPSA) is 94.5 Å². The first-order valence-electron chi connectivity index (χ1n) is 12.5. The van der Waals surface area contributed by atoms with Gasteiger partial charge >= 0.3 is 5.69 Å². The van der Waals surface area contributed by atoms with Crippen molar-refractivity contribution < 1.29 is 13.9 Å². The van der Waals surface area contributed by atoms with E-state index in [2.05, 4.69) is 11.9 Å². The number of rotatable bonds is 5. The lowest BCUT2D eigenvalue weighted by molar-refractivity contribution is -0.132. The van der Waals surface area contributed by atoms with Gasteiger partial charge in [-0.1, -0.05) is 38.6 Å². The monoisotopic (exact) mass is 505 g/mol. The number of likely N-dealkylation sites (tertiary alicyclic amines) is 1. The van der Waals surface area contributed by atoms with Gasteiger partial charge in [0.25, 0.3) is 5.91 Å². The molecule has 2 aliphatic rings. The normalized spacial score (nSPS) is 20.8. The molecule has 3 N–H and O–H groups in total. The Morgan fingerprint density at radius 2 is 1.81 bits per heavy atom.